The Kier molecular flexibility index (Phi) is 4.61. The molecule has 0 atom stereocenters. The van der Waals surface area contributed by atoms with Gasteiger partial charge in [0, 0.05) is 30.6 Å². The number of anilines is 1. The molecule has 0 unspecified atom stereocenters. The van der Waals surface area contributed by atoms with Crippen molar-refractivity contribution in [3.05, 3.63) is 30.0 Å². The van der Waals surface area contributed by atoms with Gasteiger partial charge in [0.2, 0.25) is 5.91 Å². The first kappa shape index (κ1) is 18.5. The Morgan fingerprint density at radius 2 is 2.11 bits per heavy atom. The molecule has 1 aliphatic carbocycles. The van der Waals surface area contributed by atoms with Gasteiger partial charge in [-0.2, -0.15) is 0 Å². The molecule has 7 nitrogen and oxygen atoms in total. The summed E-state index contributed by atoms with van der Waals surface area (Å²) in [6.45, 7) is 6.70. The number of aromatic amines is 1. The third kappa shape index (κ3) is 4.03. The van der Waals surface area contributed by atoms with Crippen molar-refractivity contribution in [2.24, 2.45) is 5.92 Å². The number of aromatic nitrogens is 2. The van der Waals surface area contributed by atoms with E-state index in [9.17, 15) is 9.59 Å². The highest BCUT2D eigenvalue weighted by molar-refractivity contribution is 5.97. The first-order valence-electron chi connectivity index (χ1n) is 9.76. The van der Waals surface area contributed by atoms with Crippen LogP contribution in [0, 0.1) is 5.92 Å². The first-order valence-corrected chi connectivity index (χ1v) is 9.76. The summed E-state index contributed by atoms with van der Waals surface area (Å²) >= 11 is 0. The summed E-state index contributed by atoms with van der Waals surface area (Å²) in [5.41, 5.74) is 2.21. The summed E-state index contributed by atoms with van der Waals surface area (Å²) in [6.07, 6.45) is 6.32. The lowest BCUT2D eigenvalue weighted by atomic mass is 9.99. The number of hydrogen-bond acceptors (Lipinski definition) is 4. The van der Waals surface area contributed by atoms with Crippen LogP contribution in [0.3, 0.4) is 0 Å². The molecule has 3 heterocycles. The fraction of sp³-hybridized carbons (Fsp3) is 0.476. The summed E-state index contributed by atoms with van der Waals surface area (Å²) in [6, 6.07) is 3.87. The Balaban J connectivity index is 1.60. The summed E-state index contributed by atoms with van der Waals surface area (Å²) in [4.78, 5) is 34.0. The van der Waals surface area contributed by atoms with Gasteiger partial charge in [0.05, 0.1) is 0 Å². The molecule has 2 aromatic rings. The van der Waals surface area contributed by atoms with Gasteiger partial charge in [-0.25, -0.2) is 9.78 Å². The van der Waals surface area contributed by atoms with Gasteiger partial charge in [-0.05, 0) is 63.3 Å². The van der Waals surface area contributed by atoms with Crippen molar-refractivity contribution in [3.63, 3.8) is 0 Å². The highest BCUT2D eigenvalue weighted by atomic mass is 16.6. The van der Waals surface area contributed by atoms with Crippen molar-refractivity contribution in [1.29, 1.82) is 0 Å². The standard InChI is InChI=1S/C21H26N4O3/c1-21(2,3)28-20(27)25-10-4-5-14(12-25)16-11-17(24-19(26)13-6-7-13)23-18-15(16)8-9-22-18/h5,8-9,11,13H,4,6-7,10,12H2,1-3H3,(H2,22,23,24,26). The SMILES string of the molecule is CC(C)(C)OC(=O)N1CCC=C(c2cc(NC(=O)C3CC3)nc3[nH]ccc23)C1. The second-order valence-corrected chi connectivity index (χ2v) is 8.48. The zero-order chi connectivity index (χ0) is 19.9. The largest absolute Gasteiger partial charge is 0.444 e. The maximum Gasteiger partial charge on any atom is 0.410 e. The van der Waals surface area contributed by atoms with Gasteiger partial charge in [-0.15, -0.1) is 0 Å². The minimum Gasteiger partial charge on any atom is -0.444 e. The van der Waals surface area contributed by atoms with Gasteiger partial charge < -0.3 is 19.9 Å². The van der Waals surface area contributed by atoms with Gasteiger partial charge in [-0.3, -0.25) is 4.79 Å². The molecule has 0 radical (unpaired) electrons. The van der Waals surface area contributed by atoms with Crippen LogP contribution in [0.1, 0.15) is 45.6 Å². The summed E-state index contributed by atoms with van der Waals surface area (Å²) in [5.74, 6) is 0.677. The van der Waals surface area contributed by atoms with E-state index in [1.165, 1.54) is 0 Å². The molecule has 1 saturated carbocycles. The summed E-state index contributed by atoms with van der Waals surface area (Å²) in [7, 11) is 0. The number of nitrogens with zero attached hydrogens (tertiary/aromatic N) is 2. The highest BCUT2D eigenvalue weighted by Crippen LogP contribution is 2.32. The number of carbonyl (C=O) groups is 2. The number of carbonyl (C=O) groups excluding carboxylic acids is 2. The fourth-order valence-electron chi connectivity index (χ4n) is 3.36. The quantitative estimate of drug-likeness (QED) is 0.842. The Morgan fingerprint density at radius 1 is 1.32 bits per heavy atom. The van der Waals surface area contributed by atoms with Crippen molar-refractivity contribution >= 4 is 34.4 Å². The molecule has 28 heavy (non-hydrogen) atoms. The lowest BCUT2D eigenvalue weighted by Gasteiger charge is -2.30. The second kappa shape index (κ2) is 6.96. The van der Waals surface area contributed by atoms with Gasteiger partial charge in [0.1, 0.15) is 17.1 Å². The summed E-state index contributed by atoms with van der Waals surface area (Å²) in [5, 5.41) is 3.90. The van der Waals surface area contributed by atoms with Crippen molar-refractivity contribution in [2.45, 2.75) is 45.6 Å². The van der Waals surface area contributed by atoms with Crippen LogP contribution >= 0.6 is 0 Å². The van der Waals surface area contributed by atoms with Gasteiger partial charge >= 0.3 is 6.09 Å². The molecule has 0 aromatic carbocycles. The Bertz CT molecular complexity index is 950. The number of hydrogen-bond donors (Lipinski definition) is 2. The van der Waals surface area contributed by atoms with E-state index in [1.807, 2.05) is 39.1 Å². The maximum absolute atomic E-state index is 12.5. The minimum atomic E-state index is -0.525. The van der Waals surface area contributed by atoms with E-state index in [0.29, 0.717) is 18.9 Å². The van der Waals surface area contributed by atoms with E-state index < -0.39 is 5.60 Å². The molecule has 7 heteroatoms. The molecular formula is C21H26N4O3. The normalized spacial score (nSPS) is 17.4. The molecule has 4 rings (SSSR count). The Hall–Kier alpha value is -2.83. The van der Waals surface area contributed by atoms with E-state index in [2.05, 4.69) is 21.4 Å². The van der Waals surface area contributed by atoms with Crippen LogP contribution < -0.4 is 5.32 Å². The topological polar surface area (TPSA) is 87.3 Å². The average molecular weight is 382 g/mol. The molecule has 2 N–H and O–H groups in total. The zero-order valence-electron chi connectivity index (χ0n) is 16.5. The molecule has 0 spiro atoms. The summed E-state index contributed by atoms with van der Waals surface area (Å²) < 4.78 is 5.53. The number of amides is 2. The smallest absolute Gasteiger partial charge is 0.410 e. The van der Waals surface area contributed by atoms with Crippen LogP contribution in [0.2, 0.25) is 0 Å². The number of rotatable bonds is 3. The maximum atomic E-state index is 12.5. The third-order valence-electron chi connectivity index (χ3n) is 4.88. The van der Waals surface area contributed by atoms with Crippen molar-refractivity contribution < 1.29 is 14.3 Å². The van der Waals surface area contributed by atoms with Gasteiger partial charge in [0.25, 0.3) is 0 Å². The molecule has 1 aliphatic heterocycles. The number of fused-ring (bicyclic) bond motifs is 1. The lowest BCUT2D eigenvalue weighted by Crippen LogP contribution is -2.39. The van der Waals surface area contributed by atoms with E-state index in [-0.39, 0.29) is 17.9 Å². The first-order chi connectivity index (χ1) is 13.3. The van der Waals surface area contributed by atoms with E-state index >= 15 is 0 Å². The molecular weight excluding hydrogens is 356 g/mol. The Morgan fingerprint density at radius 3 is 2.82 bits per heavy atom. The predicted octanol–water partition coefficient (Wildman–Crippen LogP) is 3.94. The van der Waals surface area contributed by atoms with Crippen molar-refractivity contribution in [2.75, 3.05) is 18.4 Å². The van der Waals surface area contributed by atoms with Crippen LogP contribution in [0.5, 0.6) is 0 Å². The number of H-pyrrole nitrogens is 1. The molecule has 0 bridgehead atoms. The predicted molar refractivity (Wildman–Crippen MR) is 108 cm³/mol. The van der Waals surface area contributed by atoms with Crippen molar-refractivity contribution in [3.8, 4) is 0 Å². The molecule has 2 amide bonds. The fourth-order valence-corrected chi connectivity index (χ4v) is 3.36. The highest BCUT2D eigenvalue weighted by Gasteiger charge is 2.30. The van der Waals surface area contributed by atoms with Crippen LogP contribution in [-0.2, 0) is 9.53 Å². The van der Waals surface area contributed by atoms with E-state index in [1.54, 1.807) is 4.90 Å². The zero-order valence-corrected chi connectivity index (χ0v) is 16.5. The van der Waals surface area contributed by atoms with E-state index in [0.717, 1.165) is 41.4 Å². The number of pyridine rings is 1. The minimum absolute atomic E-state index is 0.0253. The average Bonchev–Trinajstić information content (AvgIpc) is 3.38. The Labute approximate surface area is 164 Å². The van der Waals surface area contributed by atoms with E-state index in [4.69, 9.17) is 4.74 Å². The van der Waals surface area contributed by atoms with Gasteiger partial charge in [0.15, 0.2) is 0 Å². The van der Waals surface area contributed by atoms with Crippen LogP contribution in [0.25, 0.3) is 16.6 Å². The number of nitrogens with one attached hydrogen (secondary N) is 2. The van der Waals surface area contributed by atoms with Crippen molar-refractivity contribution in [1.82, 2.24) is 14.9 Å². The van der Waals surface area contributed by atoms with Crippen LogP contribution in [0.4, 0.5) is 10.6 Å². The second-order valence-electron chi connectivity index (χ2n) is 8.48. The number of ether oxygens (including phenoxy) is 1. The third-order valence-corrected chi connectivity index (χ3v) is 4.88. The van der Waals surface area contributed by atoms with Gasteiger partial charge in [-0.1, -0.05) is 6.08 Å². The van der Waals surface area contributed by atoms with Crippen LogP contribution in [0.15, 0.2) is 24.4 Å². The molecule has 2 aliphatic rings. The molecule has 148 valence electrons. The molecule has 2 aromatic heterocycles. The van der Waals surface area contributed by atoms with Crippen LogP contribution in [-0.4, -0.2) is 45.6 Å². The monoisotopic (exact) mass is 382 g/mol. The molecule has 0 saturated heterocycles. The lowest BCUT2D eigenvalue weighted by molar-refractivity contribution is -0.117. The molecule has 1 fully saturated rings.